The summed E-state index contributed by atoms with van der Waals surface area (Å²) in [5.41, 5.74) is 5.45. The number of imidazole rings is 1. The molecule has 5 N–H and O–H groups in total. The molecule has 3 rings (SSSR count). The van der Waals surface area contributed by atoms with Crippen LogP contribution in [0.4, 0.5) is 5.82 Å². The van der Waals surface area contributed by atoms with E-state index in [-0.39, 0.29) is 5.82 Å². The predicted octanol–water partition coefficient (Wildman–Crippen LogP) is -0.442. The largest absolute Gasteiger partial charge is 0.469 e. The van der Waals surface area contributed by atoms with E-state index in [0.29, 0.717) is 24.0 Å². The van der Waals surface area contributed by atoms with Crippen LogP contribution in [0.1, 0.15) is 19.1 Å². The Kier molecular flexibility index (Phi) is 4.08. The molecule has 0 saturated carbocycles. The fourth-order valence-electron chi connectivity index (χ4n) is 2.54. The van der Waals surface area contributed by atoms with Gasteiger partial charge in [-0.2, -0.15) is 0 Å². The van der Waals surface area contributed by atoms with E-state index in [1.165, 1.54) is 12.7 Å². The lowest BCUT2D eigenvalue weighted by Crippen LogP contribution is -2.38. The molecule has 1 aliphatic rings. The molecule has 0 amide bonds. The van der Waals surface area contributed by atoms with Gasteiger partial charge in [0.05, 0.1) is 19.5 Å². The molecule has 1 saturated heterocycles. The molecule has 11 nitrogen and oxygen atoms in total. The summed E-state index contributed by atoms with van der Waals surface area (Å²) in [5.74, 6) is 0.241. The molecule has 12 heteroatoms. The number of hydrogen-bond acceptors (Lipinski definition) is 8. The van der Waals surface area contributed by atoms with E-state index in [1.807, 2.05) is 0 Å². The first-order valence-electron chi connectivity index (χ1n) is 6.75. The average Bonchev–Trinajstić information content (AvgIpc) is 3.09. The fourth-order valence-corrected chi connectivity index (χ4v) is 2.94. The van der Waals surface area contributed by atoms with Crippen molar-refractivity contribution in [3.8, 4) is 0 Å². The molecule has 1 aliphatic heterocycles. The highest BCUT2D eigenvalue weighted by Crippen LogP contribution is 2.42. The second-order valence-electron chi connectivity index (χ2n) is 5.30. The van der Waals surface area contributed by atoms with Gasteiger partial charge < -0.3 is 25.4 Å². The van der Waals surface area contributed by atoms with Gasteiger partial charge >= 0.3 is 7.82 Å². The number of rotatable bonds is 5. The Morgan fingerprint density at radius 1 is 1.48 bits per heavy atom. The average molecular weight is 345 g/mol. The van der Waals surface area contributed by atoms with Gasteiger partial charge in [-0.15, -0.1) is 0 Å². The van der Waals surface area contributed by atoms with Crippen LogP contribution in [0.3, 0.4) is 0 Å². The van der Waals surface area contributed by atoms with Crippen LogP contribution in [0.2, 0.25) is 0 Å². The highest BCUT2D eigenvalue weighted by atomic mass is 31.2. The number of aromatic nitrogens is 4. The first-order valence-corrected chi connectivity index (χ1v) is 8.28. The van der Waals surface area contributed by atoms with Crippen molar-refractivity contribution >= 4 is 24.8 Å². The summed E-state index contributed by atoms with van der Waals surface area (Å²) in [5, 5.41) is 9.56. The molecular weight excluding hydrogens is 329 g/mol. The summed E-state index contributed by atoms with van der Waals surface area (Å²) in [7, 11) is -4.65. The Labute approximate surface area is 130 Å². The molecule has 0 radical (unpaired) electrons. The number of phosphoric acid groups is 1. The number of phosphoric ester groups is 1. The number of anilines is 1. The van der Waals surface area contributed by atoms with Gasteiger partial charge in [-0.05, 0) is 12.8 Å². The normalized spacial score (nSPS) is 25.3. The number of aliphatic hydroxyl groups excluding tert-OH is 1. The zero-order chi connectivity index (χ0) is 16.7. The number of aliphatic hydroxyl groups is 1. The summed E-state index contributed by atoms with van der Waals surface area (Å²) in [6.07, 6.45) is 3.13. The van der Waals surface area contributed by atoms with E-state index in [0.717, 1.165) is 0 Å². The molecule has 0 bridgehead atoms. The van der Waals surface area contributed by atoms with Gasteiger partial charge in [0.25, 0.3) is 0 Å². The van der Waals surface area contributed by atoms with Gasteiger partial charge in [-0.25, -0.2) is 19.5 Å². The van der Waals surface area contributed by atoms with Gasteiger partial charge in [0.1, 0.15) is 23.7 Å². The van der Waals surface area contributed by atoms with E-state index >= 15 is 0 Å². The number of ether oxygens (including phenoxy) is 1. The minimum Gasteiger partial charge on any atom is -0.393 e. The van der Waals surface area contributed by atoms with E-state index in [9.17, 15) is 9.67 Å². The van der Waals surface area contributed by atoms with Gasteiger partial charge in [-0.3, -0.25) is 9.09 Å². The first-order chi connectivity index (χ1) is 10.8. The van der Waals surface area contributed by atoms with Crippen LogP contribution in [-0.4, -0.2) is 53.2 Å². The van der Waals surface area contributed by atoms with Crippen molar-refractivity contribution in [2.24, 2.45) is 0 Å². The van der Waals surface area contributed by atoms with Crippen LogP contribution in [-0.2, 0) is 13.8 Å². The third-order valence-electron chi connectivity index (χ3n) is 3.71. The monoisotopic (exact) mass is 345 g/mol. The third-order valence-corrected chi connectivity index (χ3v) is 4.18. The highest BCUT2D eigenvalue weighted by Gasteiger charge is 2.43. The van der Waals surface area contributed by atoms with Crippen LogP contribution >= 0.6 is 7.82 Å². The lowest BCUT2D eigenvalue weighted by molar-refractivity contribution is -0.118. The van der Waals surface area contributed by atoms with E-state index in [4.69, 9.17) is 20.3 Å². The van der Waals surface area contributed by atoms with E-state index in [2.05, 4.69) is 19.5 Å². The quantitative estimate of drug-likeness (QED) is 0.522. The van der Waals surface area contributed by atoms with Crippen molar-refractivity contribution in [1.82, 2.24) is 19.5 Å². The Bertz CT molecular complexity index is 762. The second kappa shape index (κ2) is 5.78. The zero-order valence-corrected chi connectivity index (χ0v) is 12.8. The predicted molar refractivity (Wildman–Crippen MR) is 76.9 cm³/mol. The summed E-state index contributed by atoms with van der Waals surface area (Å²) in [6.45, 7) is -0.860. The lowest BCUT2D eigenvalue weighted by Gasteiger charge is -2.27. The SMILES string of the molecule is Nc1ncnc2c1ncn2[C@H]1CC[C@@](CO)(COP(=O)(O)O)O1. The molecule has 1 fully saturated rings. The Morgan fingerprint density at radius 2 is 2.26 bits per heavy atom. The fraction of sp³-hybridized carbons (Fsp3) is 0.545. The molecule has 23 heavy (non-hydrogen) atoms. The molecule has 0 aliphatic carbocycles. The smallest absolute Gasteiger partial charge is 0.393 e. The van der Waals surface area contributed by atoms with Gasteiger partial charge in [0.2, 0.25) is 0 Å². The van der Waals surface area contributed by atoms with Crippen LogP contribution in [0.25, 0.3) is 11.2 Å². The van der Waals surface area contributed by atoms with Crippen molar-refractivity contribution in [3.63, 3.8) is 0 Å². The van der Waals surface area contributed by atoms with Crippen LogP contribution in [0.15, 0.2) is 12.7 Å². The highest BCUT2D eigenvalue weighted by molar-refractivity contribution is 7.46. The minimum atomic E-state index is -4.65. The van der Waals surface area contributed by atoms with Crippen LogP contribution in [0.5, 0.6) is 0 Å². The van der Waals surface area contributed by atoms with Crippen molar-refractivity contribution < 1.29 is 28.7 Å². The van der Waals surface area contributed by atoms with Gasteiger partial charge in [0.15, 0.2) is 11.5 Å². The molecule has 2 aromatic heterocycles. The summed E-state index contributed by atoms with van der Waals surface area (Å²) in [6, 6.07) is 0. The summed E-state index contributed by atoms with van der Waals surface area (Å²) >= 11 is 0. The molecular formula is C11H16N5O6P. The van der Waals surface area contributed by atoms with Gasteiger partial charge in [0, 0.05) is 0 Å². The third kappa shape index (κ3) is 3.20. The topological polar surface area (TPSA) is 166 Å². The van der Waals surface area contributed by atoms with Crippen molar-refractivity contribution in [2.45, 2.75) is 24.7 Å². The second-order valence-corrected chi connectivity index (χ2v) is 6.54. The van der Waals surface area contributed by atoms with Crippen LogP contribution in [0, 0.1) is 0 Å². The molecule has 3 heterocycles. The summed E-state index contributed by atoms with van der Waals surface area (Å²) in [4.78, 5) is 29.7. The maximum atomic E-state index is 10.9. The van der Waals surface area contributed by atoms with E-state index < -0.39 is 32.9 Å². The summed E-state index contributed by atoms with van der Waals surface area (Å²) < 4.78 is 22.8. The number of fused-ring (bicyclic) bond motifs is 1. The number of nitrogen functional groups attached to an aromatic ring is 1. The first kappa shape index (κ1) is 16.2. The molecule has 0 aromatic carbocycles. The standard InChI is InChI=1S/C11H16N5O6P/c12-9-8-10(14-5-13-9)16(6-15-8)7-1-2-11(3-17,22-7)4-21-23(18,19)20/h5-7,17H,1-4H2,(H2,12,13,14)(H2,18,19,20)/t7-,11-/m1/s1. The Morgan fingerprint density at radius 3 is 2.96 bits per heavy atom. The van der Waals surface area contributed by atoms with Gasteiger partial charge in [-0.1, -0.05) is 0 Å². The van der Waals surface area contributed by atoms with Crippen molar-refractivity contribution in [1.29, 1.82) is 0 Å². The molecule has 2 aromatic rings. The Hall–Kier alpha value is -1.62. The van der Waals surface area contributed by atoms with Crippen LogP contribution < -0.4 is 5.73 Å². The molecule has 0 spiro atoms. The Balaban J connectivity index is 1.82. The lowest BCUT2D eigenvalue weighted by atomic mass is 10.0. The molecule has 0 unspecified atom stereocenters. The maximum Gasteiger partial charge on any atom is 0.469 e. The van der Waals surface area contributed by atoms with E-state index in [1.54, 1.807) is 4.57 Å². The molecule has 2 atom stereocenters. The number of hydrogen-bond donors (Lipinski definition) is 4. The maximum absolute atomic E-state index is 10.9. The van der Waals surface area contributed by atoms with Crippen molar-refractivity contribution in [3.05, 3.63) is 12.7 Å². The zero-order valence-electron chi connectivity index (χ0n) is 11.9. The van der Waals surface area contributed by atoms with Crippen molar-refractivity contribution in [2.75, 3.05) is 18.9 Å². The number of nitrogens with zero attached hydrogens (tertiary/aromatic N) is 4. The minimum absolute atomic E-state index is 0.241. The number of nitrogens with two attached hydrogens (primary N) is 1. The molecule has 126 valence electrons.